The minimum atomic E-state index is 0.820. The highest BCUT2D eigenvalue weighted by molar-refractivity contribution is 7.16. The van der Waals surface area contributed by atoms with E-state index in [1.165, 1.54) is 10.3 Å². The van der Waals surface area contributed by atoms with Gasteiger partial charge in [0.05, 0.1) is 15.7 Å². The second-order valence-corrected chi connectivity index (χ2v) is 3.62. The first-order valence-corrected chi connectivity index (χ1v) is 5.08. The number of thiazole rings is 1. The molecule has 1 heterocycles. The highest BCUT2D eigenvalue weighted by Crippen LogP contribution is 2.21. The molecule has 0 saturated carbocycles. The zero-order chi connectivity index (χ0) is 9.10. The minimum Gasteiger partial charge on any atom is -0.244 e. The van der Waals surface area contributed by atoms with Gasteiger partial charge in [-0.05, 0) is 19.4 Å². The normalized spacial score (nSPS) is 11.5. The highest BCUT2D eigenvalue weighted by atomic mass is 32.1. The lowest BCUT2D eigenvalue weighted by molar-refractivity contribution is 1.41. The highest BCUT2D eigenvalue weighted by Gasteiger charge is 1.98. The van der Waals surface area contributed by atoms with Crippen molar-refractivity contribution in [3.63, 3.8) is 0 Å². The molecule has 0 bridgehead atoms. The molecule has 1 radical (unpaired) electrons. The average Bonchev–Trinajstić information content (AvgIpc) is 2.62. The lowest BCUT2D eigenvalue weighted by Gasteiger charge is -1.93. The van der Waals surface area contributed by atoms with Gasteiger partial charge >= 0.3 is 0 Å². The topological polar surface area (TPSA) is 12.9 Å². The largest absolute Gasteiger partial charge is 0.244 e. The van der Waals surface area contributed by atoms with Crippen molar-refractivity contribution in [2.75, 3.05) is 0 Å². The first-order valence-electron chi connectivity index (χ1n) is 4.20. The fourth-order valence-electron chi connectivity index (χ4n) is 1.25. The molecule has 0 saturated heterocycles. The number of hydrogen-bond donors (Lipinski definition) is 0. The van der Waals surface area contributed by atoms with Gasteiger partial charge < -0.3 is 0 Å². The van der Waals surface area contributed by atoms with Gasteiger partial charge in [0.15, 0.2) is 0 Å². The zero-order valence-corrected chi connectivity index (χ0v) is 8.05. The van der Waals surface area contributed by atoms with Crippen molar-refractivity contribution in [3.05, 3.63) is 42.3 Å². The Morgan fingerprint density at radius 2 is 2.38 bits per heavy atom. The molecule has 0 aliphatic heterocycles. The SMILES string of the molecule is [CH2]CC=Cc1cccc2scnc12. The molecule has 2 rings (SSSR count). The molecule has 0 aliphatic carbocycles. The standard InChI is InChI=1S/C11H10NS/c1-2-3-5-9-6-4-7-10-11(9)12-8-13-10/h3-8H,1-2H2. The number of nitrogens with zero attached hydrogens (tertiary/aromatic N) is 1. The number of aromatic nitrogens is 1. The van der Waals surface area contributed by atoms with E-state index in [4.69, 9.17) is 0 Å². The van der Waals surface area contributed by atoms with Crippen LogP contribution < -0.4 is 0 Å². The molecular formula is C11H10NS. The van der Waals surface area contributed by atoms with Crippen LogP contribution in [0.1, 0.15) is 12.0 Å². The van der Waals surface area contributed by atoms with E-state index in [-0.39, 0.29) is 0 Å². The molecule has 0 amide bonds. The second-order valence-electron chi connectivity index (χ2n) is 2.74. The molecule has 2 aromatic rings. The van der Waals surface area contributed by atoms with Gasteiger partial charge in [0, 0.05) is 5.56 Å². The molecule has 13 heavy (non-hydrogen) atoms. The fraction of sp³-hybridized carbons (Fsp3) is 0.0909. The van der Waals surface area contributed by atoms with E-state index in [9.17, 15) is 0 Å². The van der Waals surface area contributed by atoms with Crippen LogP contribution in [-0.4, -0.2) is 4.98 Å². The first kappa shape index (κ1) is 8.45. The van der Waals surface area contributed by atoms with E-state index < -0.39 is 0 Å². The van der Waals surface area contributed by atoms with Gasteiger partial charge in [-0.25, -0.2) is 4.98 Å². The second kappa shape index (κ2) is 3.71. The summed E-state index contributed by atoms with van der Waals surface area (Å²) < 4.78 is 1.24. The molecule has 0 atom stereocenters. The van der Waals surface area contributed by atoms with Gasteiger partial charge in [0.1, 0.15) is 0 Å². The number of hydrogen-bond acceptors (Lipinski definition) is 2. The maximum atomic E-state index is 4.32. The van der Waals surface area contributed by atoms with Crippen molar-refractivity contribution in [1.82, 2.24) is 4.98 Å². The summed E-state index contributed by atoms with van der Waals surface area (Å²) in [4.78, 5) is 4.32. The molecule has 1 nitrogen and oxygen atoms in total. The quantitative estimate of drug-likeness (QED) is 0.702. The van der Waals surface area contributed by atoms with Crippen molar-refractivity contribution in [1.29, 1.82) is 0 Å². The molecule has 1 aromatic carbocycles. The van der Waals surface area contributed by atoms with Crippen LogP contribution >= 0.6 is 11.3 Å². The van der Waals surface area contributed by atoms with Crippen molar-refractivity contribution in [3.8, 4) is 0 Å². The Labute approximate surface area is 81.7 Å². The summed E-state index contributed by atoms with van der Waals surface area (Å²) >= 11 is 1.67. The zero-order valence-electron chi connectivity index (χ0n) is 7.23. The van der Waals surface area contributed by atoms with Crippen molar-refractivity contribution >= 4 is 27.6 Å². The van der Waals surface area contributed by atoms with Gasteiger partial charge in [-0.2, -0.15) is 0 Å². The van der Waals surface area contributed by atoms with E-state index in [2.05, 4.69) is 36.2 Å². The van der Waals surface area contributed by atoms with Gasteiger partial charge in [0.25, 0.3) is 0 Å². The number of fused-ring (bicyclic) bond motifs is 1. The third-order valence-corrected chi connectivity index (χ3v) is 2.65. The van der Waals surface area contributed by atoms with E-state index in [0.29, 0.717) is 0 Å². The monoisotopic (exact) mass is 188 g/mol. The predicted octanol–water partition coefficient (Wildman–Crippen LogP) is 3.53. The van der Waals surface area contributed by atoms with Crippen LogP contribution in [0.25, 0.3) is 16.3 Å². The summed E-state index contributed by atoms with van der Waals surface area (Å²) in [5.41, 5.74) is 4.16. The Morgan fingerprint density at radius 3 is 3.23 bits per heavy atom. The van der Waals surface area contributed by atoms with Gasteiger partial charge in [-0.15, -0.1) is 11.3 Å². The summed E-state index contributed by atoms with van der Waals surface area (Å²) in [7, 11) is 0. The third kappa shape index (κ3) is 1.63. The van der Waals surface area contributed by atoms with Crippen LogP contribution in [0, 0.1) is 6.92 Å². The van der Waals surface area contributed by atoms with Gasteiger partial charge in [0.2, 0.25) is 0 Å². The molecule has 2 heteroatoms. The molecule has 0 unspecified atom stereocenters. The molecule has 65 valence electrons. The number of allylic oxidation sites excluding steroid dienone is 1. The third-order valence-electron chi connectivity index (χ3n) is 1.86. The van der Waals surface area contributed by atoms with Crippen molar-refractivity contribution in [2.24, 2.45) is 0 Å². The molecule has 0 spiro atoms. The number of para-hydroxylation sites is 1. The molecule has 0 N–H and O–H groups in total. The molecular weight excluding hydrogens is 178 g/mol. The van der Waals surface area contributed by atoms with Crippen molar-refractivity contribution < 1.29 is 0 Å². The minimum absolute atomic E-state index is 0.820. The summed E-state index contributed by atoms with van der Waals surface area (Å²) in [5, 5.41) is 0. The molecule has 1 aromatic heterocycles. The van der Waals surface area contributed by atoms with Crippen LogP contribution in [-0.2, 0) is 0 Å². The lowest BCUT2D eigenvalue weighted by atomic mass is 10.2. The van der Waals surface area contributed by atoms with E-state index in [0.717, 1.165) is 11.9 Å². The summed E-state index contributed by atoms with van der Waals surface area (Å²) in [6.45, 7) is 3.76. The summed E-state index contributed by atoms with van der Waals surface area (Å²) in [6.07, 6.45) is 4.95. The molecule has 0 aliphatic rings. The lowest BCUT2D eigenvalue weighted by Crippen LogP contribution is -1.74. The number of rotatable bonds is 2. The van der Waals surface area contributed by atoms with Crippen LogP contribution in [0.5, 0.6) is 0 Å². The van der Waals surface area contributed by atoms with Crippen molar-refractivity contribution in [2.45, 2.75) is 6.42 Å². The average molecular weight is 188 g/mol. The Kier molecular flexibility index (Phi) is 2.41. The Hall–Kier alpha value is -1.15. The van der Waals surface area contributed by atoms with Gasteiger partial charge in [-0.3, -0.25) is 0 Å². The van der Waals surface area contributed by atoms with Crippen LogP contribution in [0.2, 0.25) is 0 Å². The number of benzene rings is 1. The van der Waals surface area contributed by atoms with E-state index in [1.54, 1.807) is 11.3 Å². The smallest absolute Gasteiger partial charge is 0.0884 e. The van der Waals surface area contributed by atoms with Crippen LogP contribution in [0.3, 0.4) is 0 Å². The summed E-state index contributed by atoms with van der Waals surface area (Å²) in [5.74, 6) is 0. The van der Waals surface area contributed by atoms with Crippen LogP contribution in [0.15, 0.2) is 29.8 Å². The Balaban J connectivity index is 2.54. The van der Waals surface area contributed by atoms with E-state index >= 15 is 0 Å². The maximum absolute atomic E-state index is 4.32. The Morgan fingerprint density at radius 1 is 1.46 bits per heavy atom. The Bertz CT molecular complexity index is 428. The van der Waals surface area contributed by atoms with Crippen LogP contribution in [0.4, 0.5) is 0 Å². The van der Waals surface area contributed by atoms with E-state index in [1.807, 2.05) is 11.6 Å². The predicted molar refractivity (Wildman–Crippen MR) is 58.6 cm³/mol. The molecule has 0 fully saturated rings. The summed E-state index contributed by atoms with van der Waals surface area (Å²) in [6, 6.07) is 6.23. The first-order chi connectivity index (χ1) is 6.42. The maximum Gasteiger partial charge on any atom is 0.0884 e. The fourth-order valence-corrected chi connectivity index (χ4v) is 1.96. The van der Waals surface area contributed by atoms with Gasteiger partial charge in [-0.1, -0.05) is 24.3 Å².